The fourth-order valence-electron chi connectivity index (χ4n) is 6.20. The van der Waals surface area contributed by atoms with Gasteiger partial charge < -0.3 is 20.3 Å². The number of carbonyl (C=O) groups excluding carboxylic acids is 1. The molecule has 36 heavy (non-hydrogen) atoms. The number of halogens is 5. The second-order valence-corrected chi connectivity index (χ2v) is 10.7. The molecule has 0 spiro atoms. The van der Waals surface area contributed by atoms with E-state index in [1.807, 2.05) is 13.0 Å². The summed E-state index contributed by atoms with van der Waals surface area (Å²) >= 11 is 0. The minimum atomic E-state index is -5.73. The van der Waals surface area contributed by atoms with Gasteiger partial charge in [0.2, 0.25) is 5.91 Å². The number of hydrogen-bond acceptors (Lipinski definition) is 4. The Balaban J connectivity index is 1.61. The zero-order chi connectivity index (χ0) is 26.9. The van der Waals surface area contributed by atoms with E-state index < -0.39 is 43.4 Å². The van der Waals surface area contributed by atoms with Crippen LogP contribution in [0.5, 0.6) is 0 Å². The average molecular weight is 522 g/mol. The molecule has 0 aromatic rings. The quantitative estimate of drug-likeness (QED) is 0.419. The van der Waals surface area contributed by atoms with E-state index in [0.29, 0.717) is 12.0 Å². The van der Waals surface area contributed by atoms with Gasteiger partial charge in [-0.2, -0.15) is 22.0 Å². The molecule has 3 rings (SSSR count). The summed E-state index contributed by atoms with van der Waals surface area (Å²) in [7, 11) is 0. The summed E-state index contributed by atoms with van der Waals surface area (Å²) < 4.78 is 68.5. The number of alkyl halides is 5. The Hall–Kier alpha value is -1.78. The highest BCUT2D eigenvalue weighted by molar-refractivity contribution is 5.77. The third-order valence-electron chi connectivity index (χ3n) is 8.27. The number of aliphatic hydroxyl groups is 2. The van der Waals surface area contributed by atoms with Crippen molar-refractivity contribution in [3.05, 3.63) is 35.5 Å². The van der Waals surface area contributed by atoms with Crippen LogP contribution in [0.15, 0.2) is 35.5 Å². The Bertz CT molecular complexity index is 899. The van der Waals surface area contributed by atoms with E-state index in [0.717, 1.165) is 37.7 Å². The Morgan fingerprint density at radius 2 is 1.94 bits per heavy atom. The van der Waals surface area contributed by atoms with E-state index in [1.54, 1.807) is 5.32 Å². The summed E-state index contributed by atoms with van der Waals surface area (Å²) in [4.78, 5) is 11.9. The molecule has 3 fully saturated rings. The molecule has 2 unspecified atom stereocenters. The lowest BCUT2D eigenvalue weighted by Crippen LogP contribution is -2.47. The fraction of sp³-hybridized carbons (Fsp3) is 0.731. The van der Waals surface area contributed by atoms with Gasteiger partial charge in [0, 0.05) is 6.42 Å². The number of rotatable bonds is 7. The third-order valence-corrected chi connectivity index (χ3v) is 8.27. The van der Waals surface area contributed by atoms with E-state index in [-0.39, 0.29) is 29.8 Å². The van der Waals surface area contributed by atoms with Gasteiger partial charge in [-0.15, -0.1) is 0 Å². The zero-order valence-corrected chi connectivity index (χ0v) is 20.7. The van der Waals surface area contributed by atoms with Gasteiger partial charge in [0.15, 0.2) is 0 Å². The molecular weight excluding hydrogens is 485 g/mol. The average Bonchev–Trinajstić information content (AvgIpc) is 3.14. The van der Waals surface area contributed by atoms with E-state index in [4.69, 9.17) is 4.74 Å². The summed E-state index contributed by atoms with van der Waals surface area (Å²) in [5, 5.41) is 21.7. The number of allylic oxidation sites excluding steroid dienone is 3. The molecule has 3 aliphatic carbocycles. The topological polar surface area (TPSA) is 78.8 Å². The number of carbonyl (C=O) groups is 1. The number of ether oxygens (including phenoxy) is 1. The smallest absolute Gasteiger partial charge is 0.393 e. The van der Waals surface area contributed by atoms with Crippen molar-refractivity contribution in [2.75, 3.05) is 13.2 Å². The molecule has 204 valence electrons. The highest BCUT2D eigenvalue weighted by Crippen LogP contribution is 2.58. The number of fused-ring (bicyclic) bond motifs is 1. The first-order chi connectivity index (χ1) is 16.7. The molecule has 3 N–H and O–H groups in total. The van der Waals surface area contributed by atoms with E-state index in [9.17, 15) is 37.0 Å². The lowest BCUT2D eigenvalue weighted by atomic mass is 9.62. The highest BCUT2D eigenvalue weighted by Gasteiger charge is 2.57. The van der Waals surface area contributed by atoms with Crippen LogP contribution >= 0.6 is 0 Å². The van der Waals surface area contributed by atoms with Crippen molar-refractivity contribution in [1.29, 1.82) is 0 Å². The van der Waals surface area contributed by atoms with Crippen LogP contribution in [0.2, 0.25) is 0 Å². The number of hydrogen-bond donors (Lipinski definition) is 3. The lowest BCUT2D eigenvalue weighted by molar-refractivity contribution is -0.278. The second kappa shape index (κ2) is 10.9. The molecule has 0 aromatic carbocycles. The molecule has 10 heteroatoms. The highest BCUT2D eigenvalue weighted by atomic mass is 19.4. The number of aliphatic hydroxyl groups excluding tert-OH is 2. The Morgan fingerprint density at radius 3 is 2.61 bits per heavy atom. The van der Waals surface area contributed by atoms with Crippen LogP contribution in [-0.4, -0.2) is 59.7 Å². The van der Waals surface area contributed by atoms with Crippen LogP contribution in [0, 0.1) is 17.3 Å². The maximum absolute atomic E-state index is 13.0. The Labute approximate surface area is 208 Å². The first-order valence-corrected chi connectivity index (χ1v) is 12.4. The minimum absolute atomic E-state index is 0.0940. The summed E-state index contributed by atoms with van der Waals surface area (Å²) in [5.41, 5.74) is 2.65. The molecule has 0 saturated heterocycles. The SMILES string of the molecule is C=C1/C(=C\C=C2/CCC[C@]3(C)C(C(C)OCC(=O)NCC(F)(F)C(F)(F)F)CC[C@@H]23)C[C@@H](O)C[C@@H]1O. The molecule has 3 saturated carbocycles. The summed E-state index contributed by atoms with van der Waals surface area (Å²) in [5.74, 6) is -5.64. The van der Waals surface area contributed by atoms with Crippen molar-refractivity contribution in [3.63, 3.8) is 0 Å². The van der Waals surface area contributed by atoms with Crippen LogP contribution in [-0.2, 0) is 9.53 Å². The summed E-state index contributed by atoms with van der Waals surface area (Å²) in [6.07, 6.45) is 1.92. The van der Waals surface area contributed by atoms with Gasteiger partial charge in [-0.3, -0.25) is 4.79 Å². The summed E-state index contributed by atoms with van der Waals surface area (Å²) in [6.45, 7) is 5.55. The molecule has 6 atom stereocenters. The van der Waals surface area contributed by atoms with Gasteiger partial charge >= 0.3 is 12.1 Å². The second-order valence-electron chi connectivity index (χ2n) is 10.7. The van der Waals surface area contributed by atoms with Crippen LogP contribution in [0.4, 0.5) is 22.0 Å². The van der Waals surface area contributed by atoms with Crippen LogP contribution in [0.3, 0.4) is 0 Å². The predicted molar refractivity (Wildman–Crippen MR) is 124 cm³/mol. The number of amides is 1. The lowest BCUT2D eigenvalue weighted by Gasteiger charge is -2.44. The Morgan fingerprint density at radius 1 is 1.25 bits per heavy atom. The molecule has 5 nitrogen and oxygen atoms in total. The normalized spacial score (nSPS) is 34.6. The maximum Gasteiger partial charge on any atom is 0.455 e. The molecule has 0 aromatic heterocycles. The third kappa shape index (κ3) is 6.19. The molecule has 1 amide bonds. The van der Waals surface area contributed by atoms with Gasteiger partial charge in [0.05, 0.1) is 24.9 Å². The molecule has 0 radical (unpaired) electrons. The minimum Gasteiger partial charge on any atom is -0.393 e. The van der Waals surface area contributed by atoms with Crippen molar-refractivity contribution < 1.29 is 41.7 Å². The van der Waals surface area contributed by atoms with E-state index in [1.165, 1.54) is 5.57 Å². The number of nitrogens with one attached hydrogen (secondary N) is 1. The van der Waals surface area contributed by atoms with Crippen LogP contribution in [0.1, 0.15) is 58.8 Å². The first-order valence-electron chi connectivity index (χ1n) is 12.4. The van der Waals surface area contributed by atoms with Crippen molar-refractivity contribution in [3.8, 4) is 0 Å². The van der Waals surface area contributed by atoms with Gasteiger partial charge in [-0.1, -0.05) is 31.2 Å². The summed E-state index contributed by atoms with van der Waals surface area (Å²) in [6, 6.07) is 0. The van der Waals surface area contributed by atoms with Crippen molar-refractivity contribution >= 4 is 5.91 Å². The van der Waals surface area contributed by atoms with Gasteiger partial charge in [-0.05, 0) is 73.8 Å². The Kier molecular flexibility index (Phi) is 8.72. The van der Waals surface area contributed by atoms with Crippen molar-refractivity contribution in [2.45, 2.75) is 89.2 Å². The monoisotopic (exact) mass is 521 g/mol. The zero-order valence-electron chi connectivity index (χ0n) is 20.7. The molecule has 0 heterocycles. The van der Waals surface area contributed by atoms with Crippen molar-refractivity contribution in [2.24, 2.45) is 17.3 Å². The largest absolute Gasteiger partial charge is 0.455 e. The van der Waals surface area contributed by atoms with Crippen molar-refractivity contribution in [1.82, 2.24) is 5.32 Å². The van der Waals surface area contributed by atoms with E-state index >= 15 is 0 Å². The van der Waals surface area contributed by atoms with Crippen LogP contribution in [0.25, 0.3) is 0 Å². The van der Waals surface area contributed by atoms with Gasteiger partial charge in [-0.25, -0.2) is 0 Å². The van der Waals surface area contributed by atoms with E-state index in [2.05, 4.69) is 19.6 Å². The maximum atomic E-state index is 13.0. The van der Waals surface area contributed by atoms with Gasteiger partial charge in [0.25, 0.3) is 0 Å². The van der Waals surface area contributed by atoms with Crippen LogP contribution < -0.4 is 5.32 Å². The molecule has 0 aliphatic heterocycles. The fourth-order valence-corrected chi connectivity index (χ4v) is 6.20. The van der Waals surface area contributed by atoms with Gasteiger partial charge in [0.1, 0.15) is 6.61 Å². The standard InChI is InChI=1S/C26H36F5NO4/c1-15-18(11-19(33)12-22(15)34)7-6-17-5-4-10-24(3)20(8-9-21(17)24)16(2)36-13-23(35)32-14-25(27,28)26(29,30)31/h6-7,16,19-22,33-34H,1,4-5,8-14H2,2-3H3,(H,32,35)/b17-6+,18-7-/t16?,19-,20?,21+,22+,24-/m1/s1. The predicted octanol–water partition coefficient (Wildman–Crippen LogP) is 4.85. The molecular formula is C26H36F5NO4. The molecule has 0 bridgehead atoms. The molecule has 3 aliphatic rings. The first kappa shape index (κ1) is 28.8.